The molecule has 0 spiro atoms. The number of carboxylic acid groups (broad SMARTS) is 1. The summed E-state index contributed by atoms with van der Waals surface area (Å²) < 4.78 is 36.4. The summed E-state index contributed by atoms with van der Waals surface area (Å²) in [6, 6.07) is 9.59. The first-order valence-electron chi connectivity index (χ1n) is 5.94. The number of fused-ring (bicyclic) bond motifs is 1. The van der Waals surface area contributed by atoms with Crippen LogP contribution < -0.4 is 5.32 Å². The lowest BCUT2D eigenvalue weighted by molar-refractivity contribution is -0.131. The fourth-order valence-electron chi connectivity index (χ4n) is 1.98. The first kappa shape index (κ1) is 14.2. The van der Waals surface area contributed by atoms with Crippen LogP contribution in [-0.4, -0.2) is 23.8 Å². The van der Waals surface area contributed by atoms with Crippen molar-refractivity contribution in [1.29, 1.82) is 0 Å². The molecular formula is C14H12F3NO2. The van der Waals surface area contributed by atoms with E-state index in [4.69, 9.17) is 5.11 Å². The van der Waals surface area contributed by atoms with E-state index in [0.717, 1.165) is 0 Å². The number of rotatable bonds is 4. The van der Waals surface area contributed by atoms with Crippen LogP contribution in [0, 0.1) is 0 Å². The molecule has 2 aromatic rings. The summed E-state index contributed by atoms with van der Waals surface area (Å²) in [5.41, 5.74) is 0.622. The Labute approximate surface area is 113 Å². The van der Waals surface area contributed by atoms with Gasteiger partial charge in [-0.25, -0.2) is 4.79 Å². The van der Waals surface area contributed by atoms with Crippen LogP contribution in [0.15, 0.2) is 36.4 Å². The molecule has 20 heavy (non-hydrogen) atoms. The van der Waals surface area contributed by atoms with Crippen LogP contribution in [0.4, 0.5) is 18.9 Å². The zero-order valence-electron chi connectivity index (χ0n) is 10.4. The molecule has 3 nitrogen and oxygen atoms in total. The van der Waals surface area contributed by atoms with Gasteiger partial charge >= 0.3 is 12.1 Å². The maximum atomic E-state index is 12.1. The van der Waals surface area contributed by atoms with Crippen molar-refractivity contribution in [3.8, 4) is 0 Å². The van der Waals surface area contributed by atoms with Crippen molar-refractivity contribution in [3.05, 3.63) is 42.0 Å². The second kappa shape index (κ2) is 5.40. The minimum absolute atomic E-state index is 0.127. The number of alkyl halides is 3. The summed E-state index contributed by atoms with van der Waals surface area (Å²) >= 11 is 0. The molecule has 0 saturated heterocycles. The highest BCUT2D eigenvalue weighted by molar-refractivity contribution is 6.07. The molecule has 0 radical (unpaired) electrons. The molecule has 2 rings (SSSR count). The average Bonchev–Trinajstić information content (AvgIpc) is 2.37. The number of hydrogen-bond donors (Lipinski definition) is 2. The van der Waals surface area contributed by atoms with Gasteiger partial charge in [-0.15, -0.1) is 0 Å². The van der Waals surface area contributed by atoms with Crippen molar-refractivity contribution in [1.82, 2.24) is 0 Å². The second-order valence-corrected chi connectivity index (χ2v) is 4.30. The quantitative estimate of drug-likeness (QED) is 0.894. The monoisotopic (exact) mass is 283 g/mol. The van der Waals surface area contributed by atoms with Crippen LogP contribution in [-0.2, 0) is 0 Å². The standard InChI is InChI=1S/C14H12F3NO2/c15-14(16,17)7-8-18-12-6-5-11(13(19)20)9-3-1-2-4-10(9)12/h1-6,18H,7-8H2,(H,19,20). The maximum Gasteiger partial charge on any atom is 0.390 e. The molecular weight excluding hydrogens is 271 g/mol. The van der Waals surface area contributed by atoms with Gasteiger partial charge in [0.1, 0.15) is 0 Å². The Balaban J connectivity index is 2.31. The lowest BCUT2D eigenvalue weighted by Crippen LogP contribution is -2.14. The summed E-state index contributed by atoms with van der Waals surface area (Å²) in [4.78, 5) is 11.1. The van der Waals surface area contributed by atoms with Crippen LogP contribution in [0.5, 0.6) is 0 Å². The first-order valence-corrected chi connectivity index (χ1v) is 5.94. The van der Waals surface area contributed by atoms with Crippen LogP contribution in [0.25, 0.3) is 10.8 Å². The van der Waals surface area contributed by atoms with E-state index in [2.05, 4.69) is 5.32 Å². The molecule has 0 aliphatic carbocycles. The molecule has 0 atom stereocenters. The van der Waals surface area contributed by atoms with Gasteiger partial charge in [0.15, 0.2) is 0 Å². The number of hydrogen-bond acceptors (Lipinski definition) is 2. The molecule has 0 unspecified atom stereocenters. The third kappa shape index (κ3) is 3.20. The number of nitrogens with one attached hydrogen (secondary N) is 1. The predicted octanol–water partition coefficient (Wildman–Crippen LogP) is 3.90. The van der Waals surface area contributed by atoms with Crippen LogP contribution in [0.3, 0.4) is 0 Å². The number of anilines is 1. The molecule has 0 bridgehead atoms. The Hall–Kier alpha value is -2.24. The third-order valence-corrected chi connectivity index (χ3v) is 2.88. The molecule has 2 aromatic carbocycles. The summed E-state index contributed by atoms with van der Waals surface area (Å²) in [7, 11) is 0. The van der Waals surface area contributed by atoms with E-state index in [-0.39, 0.29) is 12.1 Å². The van der Waals surface area contributed by atoms with Crippen molar-refractivity contribution in [2.75, 3.05) is 11.9 Å². The Morgan fingerprint density at radius 3 is 2.35 bits per heavy atom. The largest absolute Gasteiger partial charge is 0.478 e. The van der Waals surface area contributed by atoms with E-state index >= 15 is 0 Å². The SMILES string of the molecule is O=C(O)c1ccc(NCCC(F)(F)F)c2ccccc12. The Kier molecular flexibility index (Phi) is 3.83. The predicted molar refractivity (Wildman–Crippen MR) is 70.1 cm³/mol. The molecule has 0 aliphatic rings. The summed E-state index contributed by atoms with van der Waals surface area (Å²) in [6.45, 7) is -0.250. The second-order valence-electron chi connectivity index (χ2n) is 4.30. The summed E-state index contributed by atoms with van der Waals surface area (Å²) in [6.07, 6.45) is -5.16. The highest BCUT2D eigenvalue weighted by Crippen LogP contribution is 2.27. The smallest absolute Gasteiger partial charge is 0.390 e. The summed E-state index contributed by atoms with van der Waals surface area (Å²) in [5.74, 6) is -1.07. The Bertz CT molecular complexity index is 638. The van der Waals surface area contributed by atoms with Crippen molar-refractivity contribution >= 4 is 22.4 Å². The highest BCUT2D eigenvalue weighted by Gasteiger charge is 2.26. The van der Waals surface area contributed by atoms with Gasteiger partial charge in [-0.1, -0.05) is 24.3 Å². The lowest BCUT2D eigenvalue weighted by atomic mass is 10.0. The first-order chi connectivity index (χ1) is 9.38. The maximum absolute atomic E-state index is 12.1. The van der Waals surface area contributed by atoms with Gasteiger partial charge in [0.2, 0.25) is 0 Å². The van der Waals surface area contributed by atoms with E-state index in [1.807, 2.05) is 0 Å². The van der Waals surface area contributed by atoms with E-state index < -0.39 is 18.6 Å². The molecule has 0 heterocycles. The van der Waals surface area contributed by atoms with Gasteiger partial charge in [0.25, 0.3) is 0 Å². The normalized spacial score (nSPS) is 11.6. The molecule has 0 amide bonds. The molecule has 0 aromatic heterocycles. The van der Waals surface area contributed by atoms with Gasteiger partial charge in [-0.3, -0.25) is 0 Å². The third-order valence-electron chi connectivity index (χ3n) is 2.88. The molecule has 0 fully saturated rings. The van der Waals surface area contributed by atoms with Gasteiger partial charge in [-0.2, -0.15) is 13.2 Å². The van der Waals surface area contributed by atoms with Gasteiger partial charge < -0.3 is 10.4 Å². The summed E-state index contributed by atoms with van der Waals surface area (Å²) in [5, 5.41) is 12.9. The van der Waals surface area contributed by atoms with Crippen LogP contribution in [0.1, 0.15) is 16.8 Å². The zero-order chi connectivity index (χ0) is 14.8. The van der Waals surface area contributed by atoms with Crippen molar-refractivity contribution in [3.63, 3.8) is 0 Å². The van der Waals surface area contributed by atoms with E-state index in [9.17, 15) is 18.0 Å². The Morgan fingerprint density at radius 1 is 1.10 bits per heavy atom. The molecule has 0 aliphatic heterocycles. The van der Waals surface area contributed by atoms with E-state index in [1.165, 1.54) is 12.1 Å². The average molecular weight is 283 g/mol. The fourth-order valence-corrected chi connectivity index (χ4v) is 1.98. The number of carboxylic acids is 1. The zero-order valence-corrected chi connectivity index (χ0v) is 10.4. The van der Waals surface area contributed by atoms with Crippen molar-refractivity contribution in [2.24, 2.45) is 0 Å². The highest BCUT2D eigenvalue weighted by atomic mass is 19.4. The topological polar surface area (TPSA) is 49.3 Å². The van der Waals surface area contributed by atoms with Crippen LogP contribution >= 0.6 is 0 Å². The molecule has 0 saturated carbocycles. The van der Waals surface area contributed by atoms with Gasteiger partial charge in [0, 0.05) is 17.6 Å². The number of halogens is 3. The van der Waals surface area contributed by atoms with E-state index in [0.29, 0.717) is 16.5 Å². The van der Waals surface area contributed by atoms with Crippen LogP contribution in [0.2, 0.25) is 0 Å². The van der Waals surface area contributed by atoms with E-state index in [1.54, 1.807) is 24.3 Å². The van der Waals surface area contributed by atoms with Crippen molar-refractivity contribution < 1.29 is 23.1 Å². The lowest BCUT2D eigenvalue weighted by Gasteiger charge is -2.12. The number of aromatic carboxylic acids is 1. The molecule has 106 valence electrons. The molecule has 6 heteroatoms. The van der Waals surface area contributed by atoms with Gasteiger partial charge in [-0.05, 0) is 17.5 Å². The fraction of sp³-hybridized carbons (Fsp3) is 0.214. The minimum Gasteiger partial charge on any atom is -0.478 e. The van der Waals surface area contributed by atoms with Crippen molar-refractivity contribution in [2.45, 2.75) is 12.6 Å². The van der Waals surface area contributed by atoms with Gasteiger partial charge in [0.05, 0.1) is 12.0 Å². The number of benzene rings is 2. The minimum atomic E-state index is -4.22. The Morgan fingerprint density at radius 2 is 1.75 bits per heavy atom. The molecule has 2 N–H and O–H groups in total. The number of carbonyl (C=O) groups is 1.